The molecule has 0 aliphatic carbocycles. The predicted molar refractivity (Wildman–Crippen MR) is 84.8 cm³/mol. The van der Waals surface area contributed by atoms with Gasteiger partial charge in [0.05, 0.1) is 6.26 Å². The van der Waals surface area contributed by atoms with Crippen LogP contribution in [0.5, 0.6) is 0 Å². The molecule has 0 saturated carbocycles. The summed E-state index contributed by atoms with van der Waals surface area (Å²) < 4.78 is 28.8. The summed E-state index contributed by atoms with van der Waals surface area (Å²) >= 11 is 0. The first kappa shape index (κ1) is 20.7. The van der Waals surface area contributed by atoms with E-state index in [-0.39, 0.29) is 11.8 Å². The van der Waals surface area contributed by atoms with E-state index in [2.05, 4.69) is 5.32 Å². The molecular weight excluding hydrogens is 308 g/mol. The summed E-state index contributed by atoms with van der Waals surface area (Å²) in [5, 5.41) is 2.47. The number of carbonyl (C=O) groups is 2. The van der Waals surface area contributed by atoms with E-state index in [4.69, 9.17) is 4.74 Å². The van der Waals surface area contributed by atoms with Gasteiger partial charge < -0.3 is 10.1 Å². The van der Waals surface area contributed by atoms with Crippen LogP contribution in [0.25, 0.3) is 0 Å². The Bertz CT molecular complexity index is 514. The Morgan fingerprint density at radius 3 is 1.91 bits per heavy atom. The summed E-state index contributed by atoms with van der Waals surface area (Å²) in [5.41, 5.74) is -0.990. The van der Waals surface area contributed by atoms with Crippen LogP contribution in [0.4, 0.5) is 4.79 Å². The standard InChI is InChI=1S/C14H28N2O5S/c1-13(2,3)9-10(11(17)16(7)22(8,19)20)15-12(18)21-14(4,5)6/h10H,9H2,1-8H3,(H,15,18). The second kappa shape index (κ2) is 6.85. The van der Waals surface area contributed by atoms with E-state index in [1.54, 1.807) is 20.8 Å². The number of rotatable bonds is 4. The van der Waals surface area contributed by atoms with Crippen molar-refractivity contribution in [3.8, 4) is 0 Å². The van der Waals surface area contributed by atoms with E-state index in [9.17, 15) is 18.0 Å². The highest BCUT2D eigenvalue weighted by Gasteiger charge is 2.33. The van der Waals surface area contributed by atoms with Crippen LogP contribution in [0.1, 0.15) is 48.0 Å². The number of alkyl carbamates (subject to hydrolysis) is 1. The van der Waals surface area contributed by atoms with Crippen LogP contribution in [0.3, 0.4) is 0 Å². The lowest BCUT2D eigenvalue weighted by molar-refractivity contribution is -0.128. The molecule has 0 rings (SSSR count). The highest BCUT2D eigenvalue weighted by atomic mass is 32.2. The molecule has 7 nitrogen and oxygen atoms in total. The average molecular weight is 336 g/mol. The third-order valence-electron chi connectivity index (χ3n) is 2.61. The molecule has 2 amide bonds. The third kappa shape index (κ3) is 8.21. The van der Waals surface area contributed by atoms with E-state index < -0.39 is 33.7 Å². The van der Waals surface area contributed by atoms with Crippen molar-refractivity contribution in [1.29, 1.82) is 0 Å². The number of hydrogen-bond donors (Lipinski definition) is 1. The maximum Gasteiger partial charge on any atom is 0.408 e. The zero-order valence-corrected chi connectivity index (χ0v) is 15.5. The lowest BCUT2D eigenvalue weighted by Crippen LogP contribution is -2.51. The van der Waals surface area contributed by atoms with Crippen LogP contribution in [0.15, 0.2) is 0 Å². The molecule has 1 unspecified atom stereocenters. The van der Waals surface area contributed by atoms with E-state index in [0.717, 1.165) is 6.26 Å². The Labute approximate surface area is 133 Å². The van der Waals surface area contributed by atoms with Crippen molar-refractivity contribution in [3.63, 3.8) is 0 Å². The molecule has 0 spiro atoms. The topological polar surface area (TPSA) is 92.8 Å². The lowest BCUT2D eigenvalue weighted by atomic mass is 9.88. The van der Waals surface area contributed by atoms with Crippen LogP contribution in [0.2, 0.25) is 0 Å². The van der Waals surface area contributed by atoms with Gasteiger partial charge in [0.25, 0.3) is 5.91 Å². The zero-order chi connectivity index (χ0) is 17.9. The molecule has 1 N–H and O–H groups in total. The Kier molecular flexibility index (Phi) is 6.44. The summed E-state index contributed by atoms with van der Waals surface area (Å²) in [4.78, 5) is 24.2. The van der Waals surface area contributed by atoms with Crippen LogP contribution < -0.4 is 5.32 Å². The summed E-state index contributed by atoms with van der Waals surface area (Å²) in [6.45, 7) is 10.8. The number of nitrogens with one attached hydrogen (secondary N) is 1. The number of sulfonamides is 1. The zero-order valence-electron chi connectivity index (χ0n) is 14.7. The highest BCUT2D eigenvalue weighted by Crippen LogP contribution is 2.22. The molecule has 130 valence electrons. The molecule has 1 atom stereocenters. The fraction of sp³-hybridized carbons (Fsp3) is 0.857. The summed E-state index contributed by atoms with van der Waals surface area (Å²) in [6.07, 6.45) is 0.467. The van der Waals surface area contributed by atoms with Gasteiger partial charge in [-0.05, 0) is 32.6 Å². The molecule has 0 fully saturated rings. The maximum absolute atomic E-state index is 12.3. The van der Waals surface area contributed by atoms with Gasteiger partial charge in [-0.15, -0.1) is 0 Å². The van der Waals surface area contributed by atoms with E-state index in [0.29, 0.717) is 4.31 Å². The second-order valence-electron chi connectivity index (χ2n) is 7.53. The number of amides is 2. The number of carbonyl (C=O) groups excluding carboxylic acids is 2. The molecule has 0 saturated heterocycles. The molecule has 0 radical (unpaired) electrons. The van der Waals surface area contributed by atoms with Crippen LogP contribution in [-0.4, -0.2) is 49.7 Å². The van der Waals surface area contributed by atoms with Crippen molar-refractivity contribution in [2.24, 2.45) is 5.41 Å². The second-order valence-corrected chi connectivity index (χ2v) is 9.55. The van der Waals surface area contributed by atoms with Crippen molar-refractivity contribution < 1.29 is 22.7 Å². The monoisotopic (exact) mass is 336 g/mol. The smallest absolute Gasteiger partial charge is 0.408 e. The summed E-state index contributed by atoms with van der Waals surface area (Å²) in [5.74, 6) is -0.691. The van der Waals surface area contributed by atoms with E-state index >= 15 is 0 Å². The molecule has 8 heteroatoms. The molecule has 0 bridgehead atoms. The largest absolute Gasteiger partial charge is 0.444 e. The van der Waals surface area contributed by atoms with Gasteiger partial charge in [0.1, 0.15) is 11.6 Å². The quantitative estimate of drug-likeness (QED) is 0.844. The maximum atomic E-state index is 12.3. The minimum atomic E-state index is -3.68. The fourth-order valence-corrected chi connectivity index (χ4v) is 2.10. The minimum Gasteiger partial charge on any atom is -0.444 e. The molecule has 0 aliphatic rings. The van der Waals surface area contributed by atoms with Crippen molar-refractivity contribution in [2.75, 3.05) is 13.3 Å². The highest BCUT2D eigenvalue weighted by molar-refractivity contribution is 7.88. The molecule has 22 heavy (non-hydrogen) atoms. The van der Waals surface area contributed by atoms with E-state index in [1.807, 2.05) is 20.8 Å². The number of ether oxygens (including phenoxy) is 1. The first-order valence-corrected chi connectivity index (χ1v) is 8.85. The van der Waals surface area contributed by atoms with Gasteiger partial charge in [-0.25, -0.2) is 17.5 Å². The first-order valence-electron chi connectivity index (χ1n) is 7.00. The van der Waals surface area contributed by atoms with Crippen LogP contribution in [-0.2, 0) is 19.6 Å². The van der Waals surface area contributed by atoms with Crippen molar-refractivity contribution in [1.82, 2.24) is 9.62 Å². The average Bonchev–Trinajstić information content (AvgIpc) is 2.20. The Balaban J connectivity index is 5.23. The van der Waals surface area contributed by atoms with Gasteiger partial charge in [0, 0.05) is 7.05 Å². The van der Waals surface area contributed by atoms with Gasteiger partial charge in [0.15, 0.2) is 0 Å². The molecule has 0 aromatic rings. The van der Waals surface area contributed by atoms with Gasteiger partial charge in [-0.2, -0.15) is 0 Å². The number of likely N-dealkylation sites (N-methyl/N-ethyl adjacent to an activating group) is 1. The lowest BCUT2D eigenvalue weighted by Gasteiger charge is -2.29. The van der Waals surface area contributed by atoms with Gasteiger partial charge in [0.2, 0.25) is 10.0 Å². The Morgan fingerprint density at radius 2 is 1.59 bits per heavy atom. The van der Waals surface area contributed by atoms with Crippen LogP contribution >= 0.6 is 0 Å². The van der Waals surface area contributed by atoms with Crippen LogP contribution in [0, 0.1) is 5.41 Å². The SMILES string of the molecule is CN(C(=O)C(CC(C)(C)C)NC(=O)OC(C)(C)C)S(C)(=O)=O. The number of hydrogen-bond acceptors (Lipinski definition) is 5. The van der Waals surface area contributed by atoms with Gasteiger partial charge in [-0.1, -0.05) is 20.8 Å². The normalized spacial score (nSPS) is 14.2. The Morgan fingerprint density at radius 1 is 1.14 bits per heavy atom. The molecule has 0 aromatic heterocycles. The van der Waals surface area contributed by atoms with Crippen molar-refractivity contribution in [2.45, 2.75) is 59.6 Å². The summed E-state index contributed by atoms with van der Waals surface area (Å²) in [7, 11) is -2.51. The van der Waals surface area contributed by atoms with Crippen molar-refractivity contribution in [3.05, 3.63) is 0 Å². The fourth-order valence-electron chi connectivity index (χ4n) is 1.65. The van der Waals surface area contributed by atoms with Gasteiger partial charge in [-0.3, -0.25) is 4.79 Å². The minimum absolute atomic E-state index is 0.283. The molecule has 0 aromatic carbocycles. The predicted octanol–water partition coefficient (Wildman–Crippen LogP) is 1.73. The van der Waals surface area contributed by atoms with Gasteiger partial charge >= 0.3 is 6.09 Å². The molecular formula is C14H28N2O5S. The molecule has 0 aliphatic heterocycles. The number of nitrogens with zero attached hydrogens (tertiary/aromatic N) is 1. The van der Waals surface area contributed by atoms with E-state index in [1.165, 1.54) is 7.05 Å². The third-order valence-corrected chi connectivity index (χ3v) is 3.79. The first-order chi connectivity index (χ1) is 9.53. The molecule has 0 heterocycles. The Hall–Kier alpha value is -1.31. The van der Waals surface area contributed by atoms with Crippen molar-refractivity contribution >= 4 is 22.0 Å². The summed E-state index contributed by atoms with van der Waals surface area (Å²) in [6, 6.07) is -0.977.